The summed E-state index contributed by atoms with van der Waals surface area (Å²) >= 11 is 17.2. The first-order valence-corrected chi connectivity index (χ1v) is 8.05. The molecule has 2 aromatic carbocycles. The lowest BCUT2D eigenvalue weighted by Gasteiger charge is -2.13. The zero-order valence-electron chi connectivity index (χ0n) is 10.2. The molecule has 0 bridgehead atoms. The lowest BCUT2D eigenvalue weighted by atomic mass is 10.3. The number of benzene rings is 2. The van der Waals surface area contributed by atoms with Gasteiger partial charge in [-0.25, -0.2) is 12.8 Å². The third-order valence-corrected chi connectivity index (χ3v) is 4.90. The Morgan fingerprint density at radius 3 is 2.38 bits per heavy atom. The van der Waals surface area contributed by atoms with E-state index in [0.29, 0.717) is 0 Å². The molecule has 0 saturated carbocycles. The van der Waals surface area contributed by atoms with Gasteiger partial charge in [0.1, 0.15) is 4.90 Å². The molecule has 21 heavy (non-hydrogen) atoms. The number of nitrogen functional groups attached to an aromatic ring is 1. The molecule has 0 aromatic heterocycles. The molecule has 0 aliphatic heterocycles. The van der Waals surface area contributed by atoms with E-state index in [2.05, 4.69) is 4.72 Å². The molecule has 0 unspecified atom stereocenters. The van der Waals surface area contributed by atoms with Crippen molar-refractivity contribution in [2.24, 2.45) is 0 Å². The third-order valence-electron chi connectivity index (χ3n) is 2.50. The van der Waals surface area contributed by atoms with Crippen molar-refractivity contribution in [1.82, 2.24) is 0 Å². The number of nitrogens with one attached hydrogen (secondary N) is 1. The van der Waals surface area contributed by atoms with Crippen LogP contribution in [0.1, 0.15) is 0 Å². The fourth-order valence-electron chi connectivity index (χ4n) is 1.64. The molecule has 2 aromatic rings. The minimum Gasteiger partial charge on any atom is -0.398 e. The van der Waals surface area contributed by atoms with Crippen LogP contribution in [0.4, 0.5) is 15.8 Å². The van der Waals surface area contributed by atoms with Crippen molar-refractivity contribution >= 4 is 56.2 Å². The molecule has 9 heteroatoms. The van der Waals surface area contributed by atoms with Gasteiger partial charge in [-0.1, -0.05) is 40.9 Å². The van der Waals surface area contributed by atoms with Crippen LogP contribution in [0.3, 0.4) is 0 Å². The lowest BCUT2D eigenvalue weighted by molar-refractivity contribution is 0.599. The smallest absolute Gasteiger partial charge is 0.265 e. The van der Waals surface area contributed by atoms with Crippen molar-refractivity contribution in [1.29, 1.82) is 0 Å². The van der Waals surface area contributed by atoms with Gasteiger partial charge < -0.3 is 5.73 Å². The summed E-state index contributed by atoms with van der Waals surface area (Å²) in [7, 11) is -4.19. The molecule has 112 valence electrons. The highest BCUT2D eigenvalue weighted by atomic mass is 35.5. The van der Waals surface area contributed by atoms with E-state index in [9.17, 15) is 12.8 Å². The number of hydrogen-bond acceptors (Lipinski definition) is 3. The first kappa shape index (κ1) is 16.2. The van der Waals surface area contributed by atoms with Gasteiger partial charge in [-0.2, -0.15) is 0 Å². The van der Waals surface area contributed by atoms with Crippen LogP contribution in [-0.2, 0) is 10.0 Å². The molecule has 2 rings (SSSR count). The number of hydrogen-bond donors (Lipinski definition) is 2. The van der Waals surface area contributed by atoms with Crippen LogP contribution in [0, 0.1) is 5.82 Å². The summed E-state index contributed by atoms with van der Waals surface area (Å²) in [5, 5.41) is -0.203. The lowest BCUT2D eigenvalue weighted by Crippen LogP contribution is -2.16. The zero-order valence-corrected chi connectivity index (χ0v) is 13.3. The van der Waals surface area contributed by atoms with Gasteiger partial charge in [0.05, 0.1) is 21.4 Å². The maximum absolute atomic E-state index is 13.8. The highest BCUT2D eigenvalue weighted by Gasteiger charge is 2.23. The number of halogens is 4. The quantitative estimate of drug-likeness (QED) is 0.798. The molecular formula is C12H8Cl3FN2O2S. The van der Waals surface area contributed by atoms with Gasteiger partial charge in [-0.15, -0.1) is 0 Å². The Hall–Kier alpha value is -1.21. The molecule has 0 saturated heterocycles. The highest BCUT2D eigenvalue weighted by molar-refractivity contribution is 7.93. The second-order valence-electron chi connectivity index (χ2n) is 4.01. The molecule has 0 spiro atoms. The maximum atomic E-state index is 13.8. The van der Waals surface area contributed by atoms with Crippen LogP contribution < -0.4 is 10.5 Å². The molecular weight excluding hydrogens is 362 g/mol. The van der Waals surface area contributed by atoms with Crippen LogP contribution in [-0.4, -0.2) is 8.42 Å². The summed E-state index contributed by atoms with van der Waals surface area (Å²) < 4.78 is 40.4. The topological polar surface area (TPSA) is 72.2 Å². The summed E-state index contributed by atoms with van der Waals surface area (Å²) in [5.74, 6) is -0.897. The predicted octanol–water partition coefficient (Wildman–Crippen LogP) is 4.17. The van der Waals surface area contributed by atoms with E-state index in [-0.39, 0.29) is 31.3 Å². The average molecular weight is 370 g/mol. The monoisotopic (exact) mass is 368 g/mol. The third kappa shape index (κ3) is 3.35. The first-order valence-electron chi connectivity index (χ1n) is 5.43. The second-order valence-corrected chi connectivity index (χ2v) is 6.88. The number of rotatable bonds is 3. The van der Waals surface area contributed by atoms with Crippen LogP contribution >= 0.6 is 34.8 Å². The number of anilines is 2. The molecule has 0 aliphatic rings. The van der Waals surface area contributed by atoms with Gasteiger partial charge in [0.15, 0.2) is 5.82 Å². The molecule has 4 nitrogen and oxygen atoms in total. The Kier molecular flexibility index (Phi) is 4.53. The normalized spacial score (nSPS) is 11.4. The predicted molar refractivity (Wildman–Crippen MR) is 83.1 cm³/mol. The Morgan fingerprint density at radius 1 is 1.10 bits per heavy atom. The van der Waals surface area contributed by atoms with Gasteiger partial charge in [0.25, 0.3) is 10.0 Å². The fourth-order valence-corrected chi connectivity index (χ4v) is 3.86. The summed E-state index contributed by atoms with van der Waals surface area (Å²) in [6, 6.07) is 6.37. The Balaban J connectivity index is 2.51. The molecule has 0 aliphatic carbocycles. The van der Waals surface area contributed by atoms with Gasteiger partial charge >= 0.3 is 0 Å². The van der Waals surface area contributed by atoms with E-state index in [1.165, 1.54) is 30.3 Å². The van der Waals surface area contributed by atoms with Gasteiger partial charge in [-0.05, 0) is 24.3 Å². The van der Waals surface area contributed by atoms with E-state index in [1.807, 2.05) is 0 Å². The summed E-state index contributed by atoms with van der Waals surface area (Å²) in [6.07, 6.45) is 0. The van der Waals surface area contributed by atoms with Crippen molar-refractivity contribution in [3.63, 3.8) is 0 Å². The first-order chi connectivity index (χ1) is 9.72. The zero-order chi connectivity index (χ0) is 15.8. The van der Waals surface area contributed by atoms with Crippen molar-refractivity contribution in [2.75, 3.05) is 10.5 Å². The van der Waals surface area contributed by atoms with Crippen molar-refractivity contribution in [3.05, 3.63) is 51.2 Å². The van der Waals surface area contributed by atoms with Gasteiger partial charge in [0.2, 0.25) is 0 Å². The summed E-state index contributed by atoms with van der Waals surface area (Å²) in [5.41, 5.74) is 5.16. The molecule has 0 heterocycles. The minimum atomic E-state index is -4.19. The van der Waals surface area contributed by atoms with Crippen LogP contribution in [0.15, 0.2) is 35.2 Å². The van der Waals surface area contributed by atoms with Gasteiger partial charge in [-0.3, -0.25) is 4.72 Å². The molecule has 0 amide bonds. The molecule has 3 N–H and O–H groups in total. The van der Waals surface area contributed by atoms with Crippen molar-refractivity contribution < 1.29 is 12.8 Å². The van der Waals surface area contributed by atoms with Gasteiger partial charge in [0, 0.05) is 5.02 Å². The SMILES string of the molecule is Nc1cc(Cl)cc(Cl)c1S(=O)(=O)Nc1cccc(Cl)c1F. The van der Waals surface area contributed by atoms with E-state index in [0.717, 1.165) is 0 Å². The van der Waals surface area contributed by atoms with Crippen LogP contribution in [0.25, 0.3) is 0 Å². The average Bonchev–Trinajstić information content (AvgIpc) is 2.33. The molecule has 0 atom stereocenters. The standard InChI is InChI=1S/C12H8Cl3FN2O2S/c13-6-4-8(15)12(9(17)5-6)21(19,20)18-10-3-1-2-7(14)11(10)16/h1-5,18H,17H2. The Morgan fingerprint density at radius 2 is 1.76 bits per heavy atom. The highest BCUT2D eigenvalue weighted by Crippen LogP contribution is 2.33. The minimum absolute atomic E-state index is 0.151. The summed E-state index contributed by atoms with van der Waals surface area (Å²) in [6.45, 7) is 0. The molecule has 0 fully saturated rings. The van der Waals surface area contributed by atoms with Crippen molar-refractivity contribution in [2.45, 2.75) is 4.90 Å². The fraction of sp³-hybridized carbons (Fsp3) is 0. The Bertz CT molecular complexity index is 789. The van der Waals surface area contributed by atoms with E-state index < -0.39 is 15.8 Å². The second kappa shape index (κ2) is 5.88. The maximum Gasteiger partial charge on any atom is 0.265 e. The van der Waals surface area contributed by atoms with E-state index in [4.69, 9.17) is 40.5 Å². The summed E-state index contributed by atoms with van der Waals surface area (Å²) in [4.78, 5) is -0.382. The number of sulfonamides is 1. The molecule has 0 radical (unpaired) electrons. The van der Waals surface area contributed by atoms with Crippen LogP contribution in [0.5, 0.6) is 0 Å². The number of nitrogens with two attached hydrogens (primary N) is 1. The van der Waals surface area contributed by atoms with Crippen molar-refractivity contribution in [3.8, 4) is 0 Å². The largest absolute Gasteiger partial charge is 0.398 e. The van der Waals surface area contributed by atoms with E-state index >= 15 is 0 Å². The Labute approximate surface area is 135 Å². The van der Waals surface area contributed by atoms with Crippen LogP contribution in [0.2, 0.25) is 15.1 Å². The van der Waals surface area contributed by atoms with E-state index in [1.54, 1.807) is 0 Å².